The van der Waals surface area contributed by atoms with Gasteiger partial charge < -0.3 is 10.2 Å². The van der Waals surface area contributed by atoms with E-state index in [0.717, 1.165) is 35.3 Å². The molecule has 4 nitrogen and oxygen atoms in total. The first-order valence-electron chi connectivity index (χ1n) is 8.18. The van der Waals surface area contributed by atoms with Crippen molar-refractivity contribution < 1.29 is 0 Å². The number of rotatable bonds is 5. The third-order valence-corrected chi connectivity index (χ3v) is 4.70. The van der Waals surface area contributed by atoms with Crippen LogP contribution in [0.15, 0.2) is 84.0 Å². The molecule has 2 aromatic heterocycles. The lowest BCUT2D eigenvalue weighted by Gasteiger charge is -2.23. The lowest BCUT2D eigenvalue weighted by atomic mass is 10.2. The smallest absolute Gasteiger partial charge is 0.141 e. The number of para-hydroxylation sites is 1. The fourth-order valence-corrected chi connectivity index (χ4v) is 3.30. The minimum atomic E-state index is 0.781. The highest BCUT2D eigenvalue weighted by molar-refractivity contribution is 7.13. The zero-order valence-electron chi connectivity index (χ0n) is 13.7. The van der Waals surface area contributed by atoms with Crippen molar-refractivity contribution in [1.29, 1.82) is 0 Å². The van der Waals surface area contributed by atoms with Gasteiger partial charge >= 0.3 is 0 Å². The van der Waals surface area contributed by atoms with E-state index in [2.05, 4.69) is 45.7 Å². The maximum atomic E-state index is 4.77. The van der Waals surface area contributed by atoms with Gasteiger partial charge in [0.2, 0.25) is 0 Å². The summed E-state index contributed by atoms with van der Waals surface area (Å²) in [6, 6.07) is 16.3. The van der Waals surface area contributed by atoms with Gasteiger partial charge in [0, 0.05) is 36.6 Å². The molecule has 5 heteroatoms. The van der Waals surface area contributed by atoms with E-state index in [1.165, 1.54) is 5.57 Å². The van der Waals surface area contributed by atoms with Crippen LogP contribution in [0.4, 0.5) is 11.5 Å². The highest BCUT2D eigenvalue weighted by Crippen LogP contribution is 2.24. The molecule has 0 bridgehead atoms. The lowest BCUT2D eigenvalue weighted by Crippen LogP contribution is -2.22. The van der Waals surface area contributed by atoms with E-state index in [9.17, 15) is 0 Å². The number of thiazole rings is 1. The third-order valence-electron chi connectivity index (χ3n) is 3.91. The molecule has 0 spiro atoms. The Kier molecular flexibility index (Phi) is 4.57. The molecule has 0 unspecified atom stereocenters. The molecule has 4 rings (SSSR count). The van der Waals surface area contributed by atoms with Crippen molar-refractivity contribution in [2.75, 3.05) is 23.3 Å². The maximum absolute atomic E-state index is 4.77. The van der Waals surface area contributed by atoms with Gasteiger partial charge in [-0.25, -0.2) is 9.97 Å². The topological polar surface area (TPSA) is 41.0 Å². The van der Waals surface area contributed by atoms with Gasteiger partial charge in [0.1, 0.15) is 16.5 Å². The van der Waals surface area contributed by atoms with Crippen molar-refractivity contribution in [1.82, 2.24) is 9.97 Å². The number of pyridine rings is 1. The highest BCUT2D eigenvalue weighted by Gasteiger charge is 2.11. The van der Waals surface area contributed by atoms with Crippen LogP contribution in [0.25, 0.3) is 10.7 Å². The Labute approximate surface area is 151 Å². The summed E-state index contributed by atoms with van der Waals surface area (Å²) in [6.45, 7) is 1.60. The fraction of sp³-hybridized carbons (Fsp3) is 0.100. The molecular weight excluding hydrogens is 328 g/mol. The van der Waals surface area contributed by atoms with E-state index < -0.39 is 0 Å². The van der Waals surface area contributed by atoms with E-state index in [0.29, 0.717) is 0 Å². The Morgan fingerprint density at radius 1 is 1.08 bits per heavy atom. The molecule has 3 aromatic rings. The van der Waals surface area contributed by atoms with Gasteiger partial charge in [-0.2, -0.15) is 0 Å². The van der Waals surface area contributed by atoms with Crippen LogP contribution >= 0.6 is 11.3 Å². The van der Waals surface area contributed by atoms with Gasteiger partial charge in [-0.05, 0) is 29.8 Å². The largest absolute Gasteiger partial charge is 0.381 e. The number of hydrogen-bond donors (Lipinski definition) is 1. The number of nitrogens with one attached hydrogen (secondary N) is 1. The van der Waals surface area contributed by atoms with Gasteiger partial charge in [0.15, 0.2) is 0 Å². The van der Waals surface area contributed by atoms with Crippen LogP contribution in [0, 0.1) is 0 Å². The zero-order valence-corrected chi connectivity index (χ0v) is 14.5. The van der Waals surface area contributed by atoms with Crippen LogP contribution in [0.2, 0.25) is 0 Å². The van der Waals surface area contributed by atoms with Gasteiger partial charge in [-0.15, -0.1) is 11.3 Å². The molecule has 0 saturated heterocycles. The molecule has 0 atom stereocenters. The standard InChI is InChI=1S/C20H18N4S/c1-2-7-17(8-3-1)22-14-16-6-5-12-24(15-16)19-10-4-9-18(23-19)20-21-11-13-25-20/h1-11,13,15,22H,12,14H2. The van der Waals surface area contributed by atoms with Crippen molar-refractivity contribution in [2.24, 2.45) is 0 Å². The summed E-state index contributed by atoms with van der Waals surface area (Å²) in [7, 11) is 0. The lowest BCUT2D eigenvalue weighted by molar-refractivity contribution is 1.00. The molecule has 1 aliphatic rings. The Balaban J connectivity index is 1.50. The second kappa shape index (κ2) is 7.32. The second-order valence-electron chi connectivity index (χ2n) is 5.70. The highest BCUT2D eigenvalue weighted by atomic mass is 32.1. The van der Waals surface area contributed by atoms with E-state index in [1.54, 1.807) is 11.3 Å². The maximum Gasteiger partial charge on any atom is 0.141 e. The SMILES string of the molecule is C1=CC(CNc2ccccc2)=CN(c2cccc(-c3nccs3)n2)C1. The van der Waals surface area contributed by atoms with Crippen molar-refractivity contribution >= 4 is 22.8 Å². The van der Waals surface area contributed by atoms with Gasteiger partial charge in [-0.1, -0.05) is 36.4 Å². The van der Waals surface area contributed by atoms with Gasteiger partial charge in [0.05, 0.1) is 0 Å². The average Bonchev–Trinajstić information content (AvgIpc) is 3.22. The fourth-order valence-electron chi connectivity index (χ4n) is 2.69. The Hall–Kier alpha value is -2.92. The quantitative estimate of drug-likeness (QED) is 0.734. The van der Waals surface area contributed by atoms with Crippen LogP contribution in [0.1, 0.15) is 0 Å². The molecule has 1 aliphatic heterocycles. The summed E-state index contributed by atoms with van der Waals surface area (Å²) in [6.07, 6.45) is 8.30. The summed E-state index contributed by atoms with van der Waals surface area (Å²) in [4.78, 5) is 11.3. The number of benzene rings is 1. The molecule has 0 amide bonds. The van der Waals surface area contributed by atoms with Crippen LogP contribution in [0.5, 0.6) is 0 Å². The Bertz CT molecular complexity index is 885. The molecule has 1 N–H and O–H groups in total. The Morgan fingerprint density at radius 2 is 2.00 bits per heavy atom. The Morgan fingerprint density at radius 3 is 2.84 bits per heavy atom. The first-order valence-corrected chi connectivity index (χ1v) is 9.06. The van der Waals surface area contributed by atoms with Crippen LogP contribution in [-0.2, 0) is 0 Å². The van der Waals surface area contributed by atoms with Crippen LogP contribution in [-0.4, -0.2) is 23.1 Å². The van der Waals surface area contributed by atoms with Crippen molar-refractivity contribution in [3.8, 4) is 10.7 Å². The third kappa shape index (κ3) is 3.78. The van der Waals surface area contributed by atoms with Gasteiger partial charge in [0.25, 0.3) is 0 Å². The number of anilines is 2. The predicted molar refractivity (Wildman–Crippen MR) is 105 cm³/mol. The molecular formula is C20H18N4S. The van der Waals surface area contributed by atoms with E-state index in [-0.39, 0.29) is 0 Å². The molecule has 0 aliphatic carbocycles. The van der Waals surface area contributed by atoms with Crippen LogP contribution < -0.4 is 10.2 Å². The van der Waals surface area contributed by atoms with Gasteiger partial charge in [-0.3, -0.25) is 0 Å². The summed E-state index contributed by atoms with van der Waals surface area (Å²) in [5.74, 6) is 0.939. The summed E-state index contributed by atoms with van der Waals surface area (Å²) < 4.78 is 0. The van der Waals surface area contributed by atoms with E-state index in [4.69, 9.17) is 4.98 Å². The molecule has 124 valence electrons. The normalized spacial score (nSPS) is 13.6. The van der Waals surface area contributed by atoms with Crippen molar-refractivity contribution in [3.63, 3.8) is 0 Å². The number of hydrogen-bond acceptors (Lipinski definition) is 5. The van der Waals surface area contributed by atoms with Crippen molar-refractivity contribution in [2.45, 2.75) is 0 Å². The minimum Gasteiger partial charge on any atom is -0.381 e. The second-order valence-corrected chi connectivity index (χ2v) is 6.59. The molecule has 3 heterocycles. The summed E-state index contributed by atoms with van der Waals surface area (Å²) >= 11 is 1.61. The summed E-state index contributed by atoms with van der Waals surface area (Å²) in [5, 5.41) is 6.37. The van der Waals surface area contributed by atoms with E-state index in [1.807, 2.05) is 48.0 Å². The van der Waals surface area contributed by atoms with Crippen molar-refractivity contribution in [3.05, 3.63) is 84.0 Å². The van der Waals surface area contributed by atoms with E-state index >= 15 is 0 Å². The predicted octanol–water partition coefficient (Wildman–Crippen LogP) is 4.58. The molecule has 0 fully saturated rings. The monoisotopic (exact) mass is 346 g/mol. The average molecular weight is 346 g/mol. The number of aromatic nitrogens is 2. The number of nitrogens with zero attached hydrogens (tertiary/aromatic N) is 3. The first kappa shape index (κ1) is 15.6. The molecule has 0 saturated carbocycles. The minimum absolute atomic E-state index is 0.781. The zero-order chi connectivity index (χ0) is 16.9. The molecule has 0 radical (unpaired) electrons. The first-order chi connectivity index (χ1) is 12.4. The molecule has 25 heavy (non-hydrogen) atoms. The summed E-state index contributed by atoms with van der Waals surface area (Å²) in [5.41, 5.74) is 3.26. The van der Waals surface area contributed by atoms with Crippen LogP contribution in [0.3, 0.4) is 0 Å². The molecule has 1 aromatic carbocycles.